The summed E-state index contributed by atoms with van der Waals surface area (Å²) in [5.74, 6) is 0.365. The Labute approximate surface area is 111 Å². The summed E-state index contributed by atoms with van der Waals surface area (Å²) in [7, 11) is 0. The quantitative estimate of drug-likeness (QED) is 0.706. The molecule has 0 aromatic carbocycles. The monoisotopic (exact) mass is 266 g/mol. The first-order valence-corrected chi connectivity index (χ1v) is 6.31. The first kappa shape index (κ1) is 13.5. The molecule has 2 rings (SSSR count). The Morgan fingerprint density at radius 1 is 1.63 bits per heavy atom. The minimum absolute atomic E-state index is 0.388. The molecule has 2 heterocycles. The van der Waals surface area contributed by atoms with Gasteiger partial charge < -0.3 is 20.4 Å². The van der Waals surface area contributed by atoms with Crippen LogP contribution in [0.1, 0.15) is 19.8 Å². The van der Waals surface area contributed by atoms with E-state index in [1.807, 2.05) is 0 Å². The van der Waals surface area contributed by atoms with Crippen LogP contribution in [0.15, 0.2) is 12.4 Å². The van der Waals surface area contributed by atoms with Crippen LogP contribution in [-0.2, 0) is 4.79 Å². The Balaban J connectivity index is 2.11. The lowest BCUT2D eigenvalue weighted by atomic mass is 10.2. The van der Waals surface area contributed by atoms with Gasteiger partial charge in [-0.05, 0) is 19.8 Å². The normalized spacial score (nSPS) is 20.3. The van der Waals surface area contributed by atoms with Crippen LogP contribution in [0.3, 0.4) is 0 Å². The Bertz CT molecular complexity index is 452. The summed E-state index contributed by atoms with van der Waals surface area (Å²) in [5, 5.41) is 21.3. The third-order valence-electron chi connectivity index (χ3n) is 3.06. The highest BCUT2D eigenvalue weighted by atomic mass is 16.4. The highest BCUT2D eigenvalue weighted by Gasteiger charge is 2.31. The summed E-state index contributed by atoms with van der Waals surface area (Å²) in [5.41, 5.74) is 0. The lowest BCUT2D eigenvalue weighted by Gasteiger charge is -2.22. The van der Waals surface area contributed by atoms with Gasteiger partial charge in [0.2, 0.25) is 0 Å². The highest BCUT2D eigenvalue weighted by Crippen LogP contribution is 2.24. The van der Waals surface area contributed by atoms with E-state index in [1.54, 1.807) is 17.9 Å². The maximum atomic E-state index is 11.2. The average molecular weight is 266 g/mol. The van der Waals surface area contributed by atoms with Crippen LogP contribution in [-0.4, -0.2) is 51.4 Å². The molecule has 0 radical (unpaired) electrons. The Morgan fingerprint density at radius 3 is 3.11 bits per heavy atom. The van der Waals surface area contributed by atoms with Crippen molar-refractivity contribution in [2.75, 3.05) is 23.3 Å². The van der Waals surface area contributed by atoms with Crippen molar-refractivity contribution in [2.45, 2.75) is 31.9 Å². The summed E-state index contributed by atoms with van der Waals surface area (Å²) < 4.78 is 0. The number of carboxylic acids is 1. The van der Waals surface area contributed by atoms with Crippen LogP contribution in [0.2, 0.25) is 0 Å². The van der Waals surface area contributed by atoms with Crippen LogP contribution in [0.5, 0.6) is 0 Å². The summed E-state index contributed by atoms with van der Waals surface area (Å²) >= 11 is 0. The molecule has 104 valence electrons. The molecular formula is C12H18N4O3. The molecule has 19 heavy (non-hydrogen) atoms. The van der Waals surface area contributed by atoms with Crippen molar-refractivity contribution in [3.8, 4) is 0 Å². The zero-order valence-electron chi connectivity index (χ0n) is 10.8. The van der Waals surface area contributed by atoms with Gasteiger partial charge in [0, 0.05) is 19.2 Å². The van der Waals surface area contributed by atoms with Gasteiger partial charge in [-0.2, -0.15) is 0 Å². The molecule has 1 aromatic rings. The van der Waals surface area contributed by atoms with Crippen molar-refractivity contribution in [1.29, 1.82) is 0 Å². The molecule has 0 amide bonds. The topological polar surface area (TPSA) is 98.6 Å². The van der Waals surface area contributed by atoms with Crippen molar-refractivity contribution in [1.82, 2.24) is 9.97 Å². The maximum Gasteiger partial charge on any atom is 0.326 e. The van der Waals surface area contributed by atoms with Gasteiger partial charge in [0.15, 0.2) is 0 Å². The standard InChI is InChI=1S/C12H18N4O3/c1-8(17)6-13-10-5-11(15-7-14-10)16-4-2-3-9(16)12(18)19/h5,7-9,17H,2-4,6H2,1H3,(H,18,19)(H,13,14,15)/t8?,9-/m0/s1. The summed E-state index contributed by atoms with van der Waals surface area (Å²) in [4.78, 5) is 21.1. The third-order valence-corrected chi connectivity index (χ3v) is 3.06. The number of aromatic nitrogens is 2. The number of aliphatic hydroxyl groups is 1. The van der Waals surface area contributed by atoms with E-state index in [9.17, 15) is 9.90 Å². The zero-order chi connectivity index (χ0) is 13.8. The Kier molecular flexibility index (Phi) is 4.16. The van der Waals surface area contributed by atoms with E-state index < -0.39 is 18.1 Å². The van der Waals surface area contributed by atoms with Gasteiger partial charge in [0.1, 0.15) is 24.0 Å². The van der Waals surface area contributed by atoms with Gasteiger partial charge in [-0.1, -0.05) is 0 Å². The molecule has 0 spiro atoms. The molecule has 0 aliphatic carbocycles. The van der Waals surface area contributed by atoms with Gasteiger partial charge in [-0.3, -0.25) is 0 Å². The number of rotatable bonds is 5. The Morgan fingerprint density at radius 2 is 2.42 bits per heavy atom. The second-order valence-corrected chi connectivity index (χ2v) is 4.68. The van der Waals surface area contributed by atoms with E-state index in [0.717, 1.165) is 6.42 Å². The van der Waals surface area contributed by atoms with Gasteiger partial charge in [0.05, 0.1) is 6.10 Å². The minimum Gasteiger partial charge on any atom is -0.480 e. The molecule has 1 unspecified atom stereocenters. The van der Waals surface area contributed by atoms with Crippen LogP contribution in [0.25, 0.3) is 0 Å². The SMILES string of the molecule is CC(O)CNc1cc(N2CCC[C@H]2C(=O)O)ncn1. The van der Waals surface area contributed by atoms with Crippen molar-refractivity contribution >= 4 is 17.6 Å². The number of aliphatic hydroxyl groups excluding tert-OH is 1. The Hall–Kier alpha value is -1.89. The van der Waals surface area contributed by atoms with Crippen LogP contribution in [0, 0.1) is 0 Å². The molecule has 3 N–H and O–H groups in total. The third kappa shape index (κ3) is 3.31. The predicted octanol–water partition coefficient (Wildman–Crippen LogP) is 0.323. The molecule has 0 bridgehead atoms. The molecule has 7 heteroatoms. The fraction of sp³-hybridized carbons (Fsp3) is 0.583. The molecule has 0 saturated carbocycles. The van der Waals surface area contributed by atoms with Crippen molar-refractivity contribution in [2.24, 2.45) is 0 Å². The number of hydrogen-bond donors (Lipinski definition) is 3. The largest absolute Gasteiger partial charge is 0.480 e. The van der Waals surface area contributed by atoms with E-state index in [0.29, 0.717) is 31.1 Å². The first-order chi connectivity index (χ1) is 9.08. The van der Waals surface area contributed by atoms with E-state index >= 15 is 0 Å². The van der Waals surface area contributed by atoms with Gasteiger partial charge in [0.25, 0.3) is 0 Å². The van der Waals surface area contributed by atoms with E-state index in [-0.39, 0.29) is 0 Å². The highest BCUT2D eigenvalue weighted by molar-refractivity contribution is 5.78. The van der Waals surface area contributed by atoms with E-state index in [2.05, 4.69) is 15.3 Å². The molecule has 1 aromatic heterocycles. The second-order valence-electron chi connectivity index (χ2n) is 4.68. The summed E-state index contributed by atoms with van der Waals surface area (Å²) in [6.45, 7) is 2.75. The molecule has 7 nitrogen and oxygen atoms in total. The van der Waals surface area contributed by atoms with E-state index in [1.165, 1.54) is 6.33 Å². The lowest BCUT2D eigenvalue weighted by molar-refractivity contribution is -0.138. The zero-order valence-corrected chi connectivity index (χ0v) is 10.8. The minimum atomic E-state index is -0.824. The molecule has 1 fully saturated rings. The number of nitrogens with one attached hydrogen (secondary N) is 1. The van der Waals surface area contributed by atoms with Crippen molar-refractivity contribution in [3.05, 3.63) is 12.4 Å². The van der Waals surface area contributed by atoms with Gasteiger partial charge in [-0.25, -0.2) is 14.8 Å². The van der Waals surface area contributed by atoms with Gasteiger partial charge >= 0.3 is 5.97 Å². The fourth-order valence-electron chi connectivity index (χ4n) is 2.15. The average Bonchev–Trinajstić information content (AvgIpc) is 2.86. The van der Waals surface area contributed by atoms with Crippen molar-refractivity contribution in [3.63, 3.8) is 0 Å². The summed E-state index contributed by atoms with van der Waals surface area (Å²) in [6.07, 6.45) is 2.40. The fourth-order valence-corrected chi connectivity index (χ4v) is 2.15. The van der Waals surface area contributed by atoms with E-state index in [4.69, 9.17) is 5.11 Å². The maximum absolute atomic E-state index is 11.2. The predicted molar refractivity (Wildman–Crippen MR) is 70.2 cm³/mol. The number of carboxylic acid groups (broad SMARTS) is 1. The number of hydrogen-bond acceptors (Lipinski definition) is 6. The second kappa shape index (κ2) is 5.83. The number of aliphatic carboxylic acids is 1. The van der Waals surface area contributed by atoms with Crippen molar-refractivity contribution < 1.29 is 15.0 Å². The molecule has 1 saturated heterocycles. The smallest absolute Gasteiger partial charge is 0.326 e. The number of anilines is 2. The first-order valence-electron chi connectivity index (χ1n) is 6.31. The van der Waals surface area contributed by atoms with Gasteiger partial charge in [-0.15, -0.1) is 0 Å². The van der Waals surface area contributed by atoms with Crippen LogP contribution < -0.4 is 10.2 Å². The number of nitrogens with zero attached hydrogens (tertiary/aromatic N) is 3. The molecule has 1 aliphatic rings. The van der Waals surface area contributed by atoms with Crippen LogP contribution in [0.4, 0.5) is 11.6 Å². The molecule has 2 atom stereocenters. The summed E-state index contributed by atoms with van der Waals surface area (Å²) in [6, 6.07) is 1.20. The molecule has 1 aliphatic heterocycles. The number of carbonyl (C=O) groups is 1. The molecular weight excluding hydrogens is 248 g/mol. The van der Waals surface area contributed by atoms with Crippen LogP contribution >= 0.6 is 0 Å². The lowest BCUT2D eigenvalue weighted by Crippen LogP contribution is -2.36.